The molecule has 1 aromatic carbocycles. The quantitative estimate of drug-likeness (QED) is 0.792. The van der Waals surface area contributed by atoms with Gasteiger partial charge in [0.25, 0.3) is 5.91 Å². The van der Waals surface area contributed by atoms with Crippen LogP contribution < -0.4 is 10.6 Å². The van der Waals surface area contributed by atoms with Crippen molar-refractivity contribution in [1.82, 2.24) is 15.6 Å². The van der Waals surface area contributed by atoms with Gasteiger partial charge in [-0.1, -0.05) is 40.9 Å². The van der Waals surface area contributed by atoms with Crippen LogP contribution in [-0.4, -0.2) is 23.3 Å². The molecule has 0 aliphatic rings. The van der Waals surface area contributed by atoms with Gasteiger partial charge in [0, 0.05) is 18.3 Å². The van der Waals surface area contributed by atoms with Gasteiger partial charge in [-0.2, -0.15) is 0 Å². The number of nitrogens with one attached hydrogen (secondary N) is 2. The van der Waals surface area contributed by atoms with Gasteiger partial charge in [-0.15, -0.1) is 0 Å². The zero-order valence-corrected chi connectivity index (χ0v) is 14.0. The highest BCUT2D eigenvalue weighted by Gasteiger charge is 2.09. The molecule has 23 heavy (non-hydrogen) atoms. The normalized spacial score (nSPS) is 10.2. The standard InChI is InChI=1S/C15H12Cl3N3O2/c16-11-3-2-10(5-12(11)17)15(23)21-8-14(22)20-7-9-1-4-13(18)19-6-9/h1-6H,7-8H2,(H,20,22)(H,21,23). The third kappa shape index (κ3) is 5.39. The number of hydrogen-bond donors (Lipinski definition) is 2. The predicted molar refractivity (Wildman–Crippen MR) is 89.9 cm³/mol. The van der Waals surface area contributed by atoms with Crippen LogP contribution in [0.15, 0.2) is 36.5 Å². The zero-order chi connectivity index (χ0) is 16.8. The van der Waals surface area contributed by atoms with E-state index in [1.54, 1.807) is 18.3 Å². The van der Waals surface area contributed by atoms with Crippen molar-refractivity contribution in [2.24, 2.45) is 0 Å². The van der Waals surface area contributed by atoms with Crippen LogP contribution in [0.5, 0.6) is 0 Å². The maximum atomic E-state index is 11.9. The lowest BCUT2D eigenvalue weighted by atomic mass is 10.2. The van der Waals surface area contributed by atoms with Crippen molar-refractivity contribution in [3.8, 4) is 0 Å². The number of carbonyl (C=O) groups is 2. The van der Waals surface area contributed by atoms with Gasteiger partial charge in [0.15, 0.2) is 0 Å². The average molecular weight is 373 g/mol. The van der Waals surface area contributed by atoms with E-state index in [1.165, 1.54) is 18.2 Å². The largest absolute Gasteiger partial charge is 0.350 e. The smallest absolute Gasteiger partial charge is 0.251 e. The van der Waals surface area contributed by atoms with Crippen LogP contribution in [0.4, 0.5) is 0 Å². The topological polar surface area (TPSA) is 71.1 Å². The second-order valence-corrected chi connectivity index (χ2v) is 5.78. The van der Waals surface area contributed by atoms with Crippen molar-refractivity contribution < 1.29 is 9.59 Å². The minimum atomic E-state index is -0.410. The highest BCUT2D eigenvalue weighted by atomic mass is 35.5. The summed E-state index contributed by atoms with van der Waals surface area (Å²) >= 11 is 17.3. The van der Waals surface area contributed by atoms with Gasteiger partial charge in [-0.25, -0.2) is 4.98 Å². The third-order valence-electron chi connectivity index (χ3n) is 2.87. The van der Waals surface area contributed by atoms with E-state index in [4.69, 9.17) is 34.8 Å². The summed E-state index contributed by atoms with van der Waals surface area (Å²) in [6, 6.07) is 7.88. The maximum Gasteiger partial charge on any atom is 0.251 e. The Hall–Kier alpha value is -1.82. The number of halogens is 3. The molecule has 2 aromatic rings. The van der Waals surface area contributed by atoms with E-state index in [-0.39, 0.29) is 17.5 Å². The number of amides is 2. The van der Waals surface area contributed by atoms with Gasteiger partial charge in [0.2, 0.25) is 5.91 Å². The Labute approximate surface area is 148 Å². The molecule has 0 saturated heterocycles. The monoisotopic (exact) mass is 371 g/mol. The molecule has 0 bridgehead atoms. The molecular formula is C15H12Cl3N3O2. The van der Waals surface area contributed by atoms with Crippen LogP contribution in [-0.2, 0) is 11.3 Å². The van der Waals surface area contributed by atoms with Gasteiger partial charge < -0.3 is 10.6 Å². The fourth-order valence-corrected chi connectivity index (χ4v) is 2.08. The number of rotatable bonds is 5. The molecule has 1 aromatic heterocycles. The van der Waals surface area contributed by atoms with Crippen LogP contribution in [0.2, 0.25) is 15.2 Å². The van der Waals surface area contributed by atoms with Gasteiger partial charge >= 0.3 is 0 Å². The fourth-order valence-electron chi connectivity index (χ4n) is 1.67. The van der Waals surface area contributed by atoms with E-state index in [0.717, 1.165) is 5.56 Å². The zero-order valence-electron chi connectivity index (χ0n) is 11.8. The highest BCUT2D eigenvalue weighted by molar-refractivity contribution is 6.42. The lowest BCUT2D eigenvalue weighted by Gasteiger charge is -2.07. The van der Waals surface area contributed by atoms with Crippen LogP contribution >= 0.6 is 34.8 Å². The second-order valence-electron chi connectivity index (χ2n) is 4.58. The minimum Gasteiger partial charge on any atom is -0.350 e. The van der Waals surface area contributed by atoms with E-state index in [9.17, 15) is 9.59 Å². The summed E-state index contributed by atoms with van der Waals surface area (Å²) in [5.41, 5.74) is 1.13. The average Bonchev–Trinajstić information content (AvgIpc) is 2.54. The summed E-state index contributed by atoms with van der Waals surface area (Å²) in [7, 11) is 0. The molecule has 0 unspecified atom stereocenters. The van der Waals surface area contributed by atoms with Crippen molar-refractivity contribution in [1.29, 1.82) is 0 Å². The molecule has 0 aliphatic carbocycles. The van der Waals surface area contributed by atoms with Crippen LogP contribution in [0, 0.1) is 0 Å². The summed E-state index contributed by atoms with van der Waals surface area (Å²) in [6.07, 6.45) is 1.57. The number of carbonyl (C=O) groups excluding carboxylic acids is 2. The van der Waals surface area contributed by atoms with E-state index in [0.29, 0.717) is 22.3 Å². The van der Waals surface area contributed by atoms with Crippen LogP contribution in [0.1, 0.15) is 15.9 Å². The Bertz CT molecular complexity index is 720. The first-order chi connectivity index (χ1) is 11.0. The maximum absolute atomic E-state index is 11.9. The molecule has 8 heteroatoms. The van der Waals surface area contributed by atoms with Crippen molar-refractivity contribution in [2.45, 2.75) is 6.54 Å². The van der Waals surface area contributed by atoms with Gasteiger partial charge in [-0.05, 0) is 29.8 Å². The van der Waals surface area contributed by atoms with Gasteiger partial charge in [-0.3, -0.25) is 9.59 Å². The summed E-state index contributed by atoms with van der Waals surface area (Å²) in [5, 5.41) is 6.18. The number of benzene rings is 1. The summed E-state index contributed by atoms with van der Waals surface area (Å²) < 4.78 is 0. The number of pyridine rings is 1. The van der Waals surface area contributed by atoms with E-state index in [2.05, 4.69) is 15.6 Å². The van der Waals surface area contributed by atoms with Crippen molar-refractivity contribution >= 4 is 46.6 Å². The molecule has 2 N–H and O–H groups in total. The lowest BCUT2D eigenvalue weighted by molar-refractivity contribution is -0.120. The molecule has 1 heterocycles. The predicted octanol–water partition coefficient (Wildman–Crippen LogP) is 3.09. The Morgan fingerprint density at radius 1 is 1.00 bits per heavy atom. The molecule has 0 saturated carbocycles. The van der Waals surface area contributed by atoms with Crippen LogP contribution in [0.25, 0.3) is 0 Å². The van der Waals surface area contributed by atoms with E-state index < -0.39 is 5.91 Å². The third-order valence-corrected chi connectivity index (χ3v) is 3.83. The summed E-state index contributed by atoms with van der Waals surface area (Å²) in [6.45, 7) is 0.145. The second kappa shape index (κ2) is 8.15. The molecule has 0 atom stereocenters. The van der Waals surface area contributed by atoms with Crippen molar-refractivity contribution in [2.75, 3.05) is 6.54 Å². The molecule has 2 amide bonds. The first kappa shape index (κ1) is 17.5. The summed E-state index contributed by atoms with van der Waals surface area (Å²) in [4.78, 5) is 27.5. The number of nitrogens with zero attached hydrogens (tertiary/aromatic N) is 1. The Morgan fingerprint density at radius 3 is 2.43 bits per heavy atom. The van der Waals surface area contributed by atoms with Gasteiger partial charge in [0.1, 0.15) is 5.15 Å². The fraction of sp³-hybridized carbons (Fsp3) is 0.133. The molecule has 0 fully saturated rings. The van der Waals surface area contributed by atoms with E-state index in [1.807, 2.05) is 0 Å². The molecule has 0 radical (unpaired) electrons. The minimum absolute atomic E-state index is 0.153. The molecule has 5 nitrogen and oxygen atoms in total. The molecule has 0 aliphatic heterocycles. The lowest BCUT2D eigenvalue weighted by Crippen LogP contribution is -2.36. The van der Waals surface area contributed by atoms with Crippen molar-refractivity contribution in [3.63, 3.8) is 0 Å². The Balaban J connectivity index is 1.80. The highest BCUT2D eigenvalue weighted by Crippen LogP contribution is 2.22. The first-order valence-corrected chi connectivity index (χ1v) is 7.69. The Morgan fingerprint density at radius 2 is 1.78 bits per heavy atom. The molecule has 120 valence electrons. The number of hydrogen-bond acceptors (Lipinski definition) is 3. The number of aromatic nitrogens is 1. The van der Waals surface area contributed by atoms with Gasteiger partial charge in [0.05, 0.1) is 16.6 Å². The first-order valence-electron chi connectivity index (χ1n) is 6.56. The molecule has 2 rings (SSSR count). The summed E-state index contributed by atoms with van der Waals surface area (Å²) in [5.74, 6) is -0.736. The SMILES string of the molecule is O=C(CNC(=O)c1ccc(Cl)c(Cl)c1)NCc1ccc(Cl)nc1. The molecule has 0 spiro atoms. The van der Waals surface area contributed by atoms with E-state index >= 15 is 0 Å². The Kier molecular flexibility index (Phi) is 6.21. The van der Waals surface area contributed by atoms with Crippen LogP contribution in [0.3, 0.4) is 0 Å². The molecular weight excluding hydrogens is 361 g/mol. The van der Waals surface area contributed by atoms with Crippen molar-refractivity contribution in [3.05, 3.63) is 62.9 Å².